The molecule has 2 unspecified atom stereocenters. The van der Waals surface area contributed by atoms with Crippen LogP contribution in [0, 0.1) is 0 Å². The molecule has 0 aliphatic carbocycles. The van der Waals surface area contributed by atoms with E-state index in [1.807, 2.05) is 0 Å². The summed E-state index contributed by atoms with van der Waals surface area (Å²) in [5.74, 6) is 0. The Kier molecular flexibility index (Phi) is 4.12. The number of aliphatic hydroxyl groups excluding tert-OH is 2. The first-order valence-electron chi connectivity index (χ1n) is 4.53. The second-order valence-corrected chi connectivity index (χ2v) is 3.35. The molecule has 0 spiro atoms. The Morgan fingerprint density at radius 1 is 1.57 bits per heavy atom. The summed E-state index contributed by atoms with van der Waals surface area (Å²) in [4.78, 5) is 10.3. The highest BCUT2D eigenvalue weighted by Crippen LogP contribution is 2.16. The van der Waals surface area contributed by atoms with Gasteiger partial charge in [-0.05, 0) is 12.8 Å². The third-order valence-corrected chi connectivity index (χ3v) is 2.25. The van der Waals surface area contributed by atoms with Gasteiger partial charge in [-0.25, -0.2) is 4.79 Å². The maximum absolute atomic E-state index is 10.3. The van der Waals surface area contributed by atoms with Gasteiger partial charge in [-0.15, -0.1) is 0 Å². The lowest BCUT2D eigenvalue weighted by Crippen LogP contribution is -2.45. The summed E-state index contributed by atoms with van der Waals surface area (Å²) >= 11 is 0. The zero-order valence-corrected chi connectivity index (χ0v) is 7.72. The van der Waals surface area contributed by atoms with E-state index in [0.29, 0.717) is 12.8 Å². The minimum Gasteiger partial charge on any atom is -0.465 e. The second kappa shape index (κ2) is 5.14. The van der Waals surface area contributed by atoms with E-state index >= 15 is 0 Å². The van der Waals surface area contributed by atoms with Crippen molar-refractivity contribution in [2.24, 2.45) is 0 Å². The summed E-state index contributed by atoms with van der Waals surface area (Å²) in [6.07, 6.45) is -1.16. The summed E-state index contributed by atoms with van der Waals surface area (Å²) in [7, 11) is 0. The molecule has 1 amide bonds. The van der Waals surface area contributed by atoms with Gasteiger partial charge >= 0.3 is 6.09 Å². The van der Waals surface area contributed by atoms with Crippen LogP contribution in [0.5, 0.6) is 0 Å². The Balaban J connectivity index is 2.27. The quantitative estimate of drug-likeness (QED) is 0.481. The molecule has 0 aromatic heterocycles. The molecule has 0 radical (unpaired) electrons. The van der Waals surface area contributed by atoms with E-state index in [0.717, 1.165) is 0 Å². The third kappa shape index (κ3) is 3.13. The van der Waals surface area contributed by atoms with Crippen molar-refractivity contribution in [3.05, 3.63) is 0 Å². The Morgan fingerprint density at radius 2 is 2.29 bits per heavy atom. The van der Waals surface area contributed by atoms with E-state index in [1.54, 1.807) is 0 Å². The first kappa shape index (κ1) is 11.2. The fraction of sp³-hybridized carbons (Fsp3) is 0.875. The van der Waals surface area contributed by atoms with Crippen LogP contribution in [0.1, 0.15) is 12.8 Å². The minimum absolute atomic E-state index is 0.213. The van der Waals surface area contributed by atoms with Gasteiger partial charge in [0.25, 0.3) is 0 Å². The summed E-state index contributed by atoms with van der Waals surface area (Å²) in [6.45, 7) is -0.0876. The molecule has 0 aromatic rings. The molecule has 6 heteroatoms. The van der Waals surface area contributed by atoms with Crippen molar-refractivity contribution in [1.82, 2.24) is 5.32 Å². The molecule has 1 aliphatic heterocycles. The zero-order chi connectivity index (χ0) is 10.6. The third-order valence-electron chi connectivity index (χ3n) is 2.25. The lowest BCUT2D eigenvalue weighted by Gasteiger charge is -2.30. The van der Waals surface area contributed by atoms with Gasteiger partial charge in [0.15, 0.2) is 0 Å². The van der Waals surface area contributed by atoms with Crippen molar-refractivity contribution in [1.29, 1.82) is 0 Å². The summed E-state index contributed by atoms with van der Waals surface area (Å²) < 4.78 is 5.21. The monoisotopic (exact) mass is 205 g/mol. The molecule has 1 fully saturated rings. The van der Waals surface area contributed by atoms with Crippen molar-refractivity contribution < 1.29 is 24.9 Å². The molecule has 3 atom stereocenters. The van der Waals surface area contributed by atoms with E-state index in [2.05, 4.69) is 5.32 Å². The number of hydrogen-bond donors (Lipinski definition) is 4. The largest absolute Gasteiger partial charge is 0.465 e. The van der Waals surface area contributed by atoms with Crippen LogP contribution < -0.4 is 5.32 Å². The van der Waals surface area contributed by atoms with Crippen molar-refractivity contribution >= 4 is 6.09 Å². The number of amides is 1. The normalized spacial score (nSPS) is 29.6. The van der Waals surface area contributed by atoms with Gasteiger partial charge in [0.2, 0.25) is 0 Å². The molecule has 0 bridgehead atoms. The number of carboxylic acid groups (broad SMARTS) is 1. The summed E-state index contributed by atoms with van der Waals surface area (Å²) in [6, 6.07) is -0.213. The number of nitrogens with one attached hydrogen (secondary N) is 1. The van der Waals surface area contributed by atoms with E-state index in [-0.39, 0.29) is 25.4 Å². The van der Waals surface area contributed by atoms with E-state index < -0.39 is 12.2 Å². The minimum atomic E-state index is -1.07. The number of hydrogen-bond acceptors (Lipinski definition) is 4. The molecule has 0 aromatic carbocycles. The number of aliphatic hydroxyl groups is 2. The van der Waals surface area contributed by atoms with Crippen LogP contribution in [-0.4, -0.2) is 52.9 Å². The van der Waals surface area contributed by atoms with E-state index in [9.17, 15) is 9.90 Å². The van der Waals surface area contributed by atoms with Gasteiger partial charge in [-0.1, -0.05) is 0 Å². The molecule has 0 saturated carbocycles. The van der Waals surface area contributed by atoms with Crippen LogP contribution in [0.2, 0.25) is 0 Å². The van der Waals surface area contributed by atoms with Crippen LogP contribution in [-0.2, 0) is 4.74 Å². The molecule has 4 N–H and O–H groups in total. The summed E-state index contributed by atoms with van der Waals surface area (Å²) in [5.41, 5.74) is 0. The van der Waals surface area contributed by atoms with Crippen LogP contribution in [0.3, 0.4) is 0 Å². The molecule has 1 rings (SSSR count). The van der Waals surface area contributed by atoms with Gasteiger partial charge in [0, 0.05) is 0 Å². The maximum Gasteiger partial charge on any atom is 0.404 e. The Morgan fingerprint density at radius 3 is 2.71 bits per heavy atom. The Labute approximate surface area is 81.5 Å². The first-order chi connectivity index (χ1) is 6.63. The van der Waals surface area contributed by atoms with Gasteiger partial charge in [-0.2, -0.15) is 0 Å². The molecule has 6 nitrogen and oxygen atoms in total. The molecule has 82 valence electrons. The van der Waals surface area contributed by atoms with Crippen LogP contribution in [0.15, 0.2) is 0 Å². The van der Waals surface area contributed by atoms with Gasteiger partial charge in [0.1, 0.15) is 6.10 Å². The topological polar surface area (TPSA) is 99.0 Å². The SMILES string of the molecule is O=C(O)NC1CCC([C@H](O)CO)OC1. The van der Waals surface area contributed by atoms with Crippen molar-refractivity contribution in [2.75, 3.05) is 13.2 Å². The molecular weight excluding hydrogens is 190 g/mol. The first-order valence-corrected chi connectivity index (χ1v) is 4.53. The zero-order valence-electron chi connectivity index (χ0n) is 7.72. The van der Waals surface area contributed by atoms with Crippen molar-refractivity contribution in [3.63, 3.8) is 0 Å². The van der Waals surface area contributed by atoms with Gasteiger partial charge in [-0.3, -0.25) is 0 Å². The van der Waals surface area contributed by atoms with Gasteiger partial charge in [0.05, 0.1) is 25.4 Å². The average Bonchev–Trinajstić information content (AvgIpc) is 2.17. The fourth-order valence-corrected chi connectivity index (χ4v) is 1.48. The van der Waals surface area contributed by atoms with Crippen LogP contribution in [0.4, 0.5) is 4.79 Å². The highest BCUT2D eigenvalue weighted by molar-refractivity contribution is 5.64. The molecule has 1 aliphatic rings. The number of rotatable bonds is 3. The van der Waals surface area contributed by atoms with Crippen LogP contribution >= 0.6 is 0 Å². The highest BCUT2D eigenvalue weighted by Gasteiger charge is 2.27. The molecular formula is C8H15NO5. The van der Waals surface area contributed by atoms with E-state index in [1.165, 1.54) is 0 Å². The summed E-state index contributed by atoms with van der Waals surface area (Å²) in [5, 5.41) is 28.6. The standard InChI is InChI=1S/C8H15NO5/c10-3-6(11)7-2-1-5(4-14-7)9-8(12)13/h5-7,9-11H,1-4H2,(H,12,13)/t5?,6-,7?/m1/s1. The highest BCUT2D eigenvalue weighted by atomic mass is 16.5. The van der Waals surface area contributed by atoms with Crippen molar-refractivity contribution in [3.8, 4) is 0 Å². The fourth-order valence-electron chi connectivity index (χ4n) is 1.48. The lowest BCUT2D eigenvalue weighted by atomic mass is 10.0. The number of carbonyl (C=O) groups is 1. The van der Waals surface area contributed by atoms with Crippen molar-refractivity contribution in [2.45, 2.75) is 31.1 Å². The second-order valence-electron chi connectivity index (χ2n) is 3.35. The number of ether oxygens (including phenoxy) is 1. The average molecular weight is 205 g/mol. The molecule has 14 heavy (non-hydrogen) atoms. The Bertz CT molecular complexity index is 190. The smallest absolute Gasteiger partial charge is 0.404 e. The lowest BCUT2D eigenvalue weighted by molar-refractivity contribution is -0.0862. The predicted molar refractivity (Wildman–Crippen MR) is 47.0 cm³/mol. The Hall–Kier alpha value is -0.850. The molecule has 1 saturated heterocycles. The molecule has 1 heterocycles. The van der Waals surface area contributed by atoms with Crippen LogP contribution in [0.25, 0.3) is 0 Å². The van der Waals surface area contributed by atoms with E-state index in [4.69, 9.17) is 14.9 Å². The predicted octanol–water partition coefficient (Wildman–Crippen LogP) is -0.845. The van der Waals surface area contributed by atoms with Gasteiger partial charge < -0.3 is 25.4 Å². The maximum atomic E-state index is 10.3.